The second kappa shape index (κ2) is 7.45. The fourth-order valence-corrected chi connectivity index (χ4v) is 1.62. The third-order valence-electron chi connectivity index (χ3n) is 2.16. The summed E-state index contributed by atoms with van der Waals surface area (Å²) in [5.74, 6) is 0. The Morgan fingerprint density at radius 1 is 1.53 bits per heavy atom. The summed E-state index contributed by atoms with van der Waals surface area (Å²) in [7, 11) is 0. The maximum absolute atomic E-state index is 9.94. The van der Waals surface area contributed by atoms with Crippen molar-refractivity contribution < 1.29 is 6.22 Å². The number of amidine groups is 1. The highest BCUT2D eigenvalue weighted by atomic mass is 32.2. The average Bonchev–Trinajstić information content (AvgIpc) is 2.68. The van der Waals surface area contributed by atoms with Crippen molar-refractivity contribution >= 4 is 28.3 Å². The van der Waals surface area contributed by atoms with Gasteiger partial charge in [-0.1, -0.05) is 20.8 Å². The third kappa shape index (κ3) is 7.93. The highest BCUT2D eigenvalue weighted by Crippen LogP contribution is 2.22. The Balaban J connectivity index is 0. The van der Waals surface area contributed by atoms with E-state index in [1.165, 1.54) is 0 Å². The lowest BCUT2D eigenvalue weighted by molar-refractivity contribution is -0.109. The van der Waals surface area contributed by atoms with Crippen LogP contribution in [0.25, 0.3) is 0 Å². The van der Waals surface area contributed by atoms with Gasteiger partial charge in [0.2, 0.25) is 0 Å². The van der Waals surface area contributed by atoms with Gasteiger partial charge in [0.05, 0.1) is 11.1 Å². The SMILES string of the molecule is CC(C)(C)C(=N)SC(=N)N.O=CC1CCCN1.[HH]. The summed E-state index contributed by atoms with van der Waals surface area (Å²) < 4.78 is 0. The van der Waals surface area contributed by atoms with Crippen LogP contribution in [-0.2, 0) is 4.79 Å². The molecule has 100 valence electrons. The molecular formula is C11H24N4OS. The molecular weight excluding hydrogens is 236 g/mol. The summed E-state index contributed by atoms with van der Waals surface area (Å²) >= 11 is 1.01. The molecule has 0 aromatic heterocycles. The van der Waals surface area contributed by atoms with Crippen LogP contribution in [0.2, 0.25) is 0 Å². The maximum atomic E-state index is 9.94. The van der Waals surface area contributed by atoms with Gasteiger partial charge in [-0.2, -0.15) is 0 Å². The van der Waals surface area contributed by atoms with E-state index in [0.29, 0.717) is 5.04 Å². The van der Waals surface area contributed by atoms with Crippen molar-refractivity contribution in [1.29, 1.82) is 10.8 Å². The Hall–Kier alpha value is -0.880. The summed E-state index contributed by atoms with van der Waals surface area (Å²) in [6.07, 6.45) is 3.17. The highest BCUT2D eigenvalue weighted by Gasteiger charge is 2.18. The number of carbonyl (C=O) groups is 1. The molecule has 0 bridgehead atoms. The minimum atomic E-state index is -0.184. The maximum Gasteiger partial charge on any atom is 0.157 e. The van der Waals surface area contributed by atoms with Crippen LogP contribution in [0.5, 0.6) is 0 Å². The molecule has 6 heteroatoms. The summed E-state index contributed by atoms with van der Waals surface area (Å²) in [6, 6.07) is 0.167. The monoisotopic (exact) mass is 260 g/mol. The first-order valence-corrected chi connectivity index (χ1v) is 6.38. The molecule has 1 fully saturated rings. The number of hydrogen-bond donors (Lipinski definition) is 4. The smallest absolute Gasteiger partial charge is 0.157 e. The first-order valence-electron chi connectivity index (χ1n) is 5.57. The zero-order valence-corrected chi connectivity index (χ0v) is 11.5. The molecule has 0 spiro atoms. The van der Waals surface area contributed by atoms with Gasteiger partial charge in [-0.05, 0) is 31.1 Å². The van der Waals surface area contributed by atoms with Crippen LogP contribution in [0.1, 0.15) is 35.0 Å². The van der Waals surface area contributed by atoms with Crippen molar-refractivity contribution in [3.8, 4) is 0 Å². The molecule has 0 aromatic rings. The van der Waals surface area contributed by atoms with E-state index in [9.17, 15) is 4.79 Å². The van der Waals surface area contributed by atoms with E-state index in [1.807, 2.05) is 20.8 Å². The number of nitrogens with one attached hydrogen (secondary N) is 3. The van der Waals surface area contributed by atoms with Crippen LogP contribution in [0.15, 0.2) is 0 Å². The van der Waals surface area contributed by atoms with Crippen LogP contribution in [-0.4, -0.2) is 29.1 Å². The molecule has 1 saturated heterocycles. The van der Waals surface area contributed by atoms with Crippen molar-refractivity contribution in [2.75, 3.05) is 6.54 Å². The van der Waals surface area contributed by atoms with Gasteiger partial charge < -0.3 is 15.8 Å². The van der Waals surface area contributed by atoms with Gasteiger partial charge in [-0.3, -0.25) is 10.8 Å². The van der Waals surface area contributed by atoms with Crippen LogP contribution >= 0.6 is 11.8 Å². The lowest BCUT2D eigenvalue weighted by atomic mass is 9.99. The number of rotatable bonds is 1. The van der Waals surface area contributed by atoms with E-state index >= 15 is 0 Å². The Morgan fingerprint density at radius 2 is 2.12 bits per heavy atom. The number of carbonyl (C=O) groups excluding carboxylic acids is 1. The van der Waals surface area contributed by atoms with E-state index in [2.05, 4.69) is 5.32 Å². The number of nitrogens with two attached hydrogens (primary N) is 1. The van der Waals surface area contributed by atoms with Crippen molar-refractivity contribution in [3.05, 3.63) is 0 Å². The normalized spacial score (nSPS) is 19.1. The van der Waals surface area contributed by atoms with E-state index in [-0.39, 0.29) is 18.1 Å². The molecule has 1 aliphatic heterocycles. The second-order valence-electron chi connectivity index (χ2n) is 4.88. The van der Waals surface area contributed by atoms with Crippen molar-refractivity contribution in [2.45, 2.75) is 39.7 Å². The lowest BCUT2D eigenvalue weighted by Gasteiger charge is -2.17. The molecule has 0 aliphatic carbocycles. The predicted molar refractivity (Wildman–Crippen MR) is 75.9 cm³/mol. The molecule has 1 atom stereocenters. The van der Waals surface area contributed by atoms with Gasteiger partial charge in [-0.15, -0.1) is 0 Å². The molecule has 17 heavy (non-hydrogen) atoms. The molecule has 1 heterocycles. The van der Waals surface area contributed by atoms with Gasteiger partial charge in [0.15, 0.2) is 5.17 Å². The fraction of sp³-hybridized carbons (Fsp3) is 0.727. The van der Waals surface area contributed by atoms with Gasteiger partial charge in [0, 0.05) is 6.84 Å². The molecule has 1 aliphatic rings. The van der Waals surface area contributed by atoms with Crippen LogP contribution < -0.4 is 11.1 Å². The zero-order chi connectivity index (χ0) is 13.5. The number of thioether (sulfide) groups is 1. The van der Waals surface area contributed by atoms with E-state index in [0.717, 1.165) is 37.4 Å². The molecule has 0 amide bonds. The third-order valence-corrected chi connectivity index (χ3v) is 3.19. The second-order valence-corrected chi connectivity index (χ2v) is 5.94. The number of hydrogen-bond acceptors (Lipinski definition) is 5. The summed E-state index contributed by atoms with van der Waals surface area (Å²) in [6.45, 7) is 6.78. The molecule has 5 N–H and O–H groups in total. The highest BCUT2D eigenvalue weighted by molar-refractivity contribution is 8.26. The van der Waals surface area contributed by atoms with E-state index in [1.54, 1.807) is 0 Å². The summed E-state index contributed by atoms with van der Waals surface area (Å²) in [5, 5.41) is 17.8. The molecule has 0 saturated carbocycles. The van der Waals surface area contributed by atoms with Gasteiger partial charge in [-0.25, -0.2) is 0 Å². The van der Waals surface area contributed by atoms with Crippen molar-refractivity contribution in [3.63, 3.8) is 0 Å². The van der Waals surface area contributed by atoms with E-state index < -0.39 is 0 Å². The minimum Gasteiger partial charge on any atom is -0.378 e. The first-order chi connectivity index (χ1) is 7.77. The Bertz CT molecular complexity index is 285. The van der Waals surface area contributed by atoms with Gasteiger partial charge in [0.1, 0.15) is 6.29 Å². The Labute approximate surface area is 108 Å². The molecule has 0 radical (unpaired) electrons. The molecule has 0 aromatic carbocycles. The predicted octanol–water partition coefficient (Wildman–Crippen LogP) is 1.82. The van der Waals surface area contributed by atoms with Gasteiger partial charge in [0.25, 0.3) is 0 Å². The quantitative estimate of drug-likeness (QED) is 0.328. The Morgan fingerprint density at radius 3 is 2.29 bits per heavy atom. The molecule has 1 rings (SSSR count). The zero-order valence-electron chi connectivity index (χ0n) is 10.7. The van der Waals surface area contributed by atoms with E-state index in [4.69, 9.17) is 16.6 Å². The first kappa shape index (κ1) is 16.1. The van der Waals surface area contributed by atoms with Crippen LogP contribution in [0.4, 0.5) is 0 Å². The fourth-order valence-electron chi connectivity index (χ4n) is 1.09. The topological polar surface area (TPSA) is 103 Å². The number of aldehydes is 1. The lowest BCUT2D eigenvalue weighted by Crippen LogP contribution is -2.21. The standard InChI is InChI=1S/C6H13N3S.C5H9NO.H2/c1-6(2,3)4(7)10-5(8)9;7-4-5-2-1-3-6-5;/h7H,1-3H3,(H3,8,9);4-6H,1-3H2;1H. The molecule has 5 nitrogen and oxygen atoms in total. The van der Waals surface area contributed by atoms with Gasteiger partial charge >= 0.3 is 0 Å². The largest absolute Gasteiger partial charge is 0.378 e. The average molecular weight is 260 g/mol. The summed E-state index contributed by atoms with van der Waals surface area (Å²) in [5.41, 5.74) is 4.91. The minimum absolute atomic E-state index is 0. The van der Waals surface area contributed by atoms with Crippen molar-refractivity contribution in [1.82, 2.24) is 5.32 Å². The van der Waals surface area contributed by atoms with Crippen molar-refractivity contribution in [2.24, 2.45) is 11.1 Å². The summed E-state index contributed by atoms with van der Waals surface area (Å²) in [4.78, 5) is 9.94. The van der Waals surface area contributed by atoms with Crippen LogP contribution in [0, 0.1) is 16.2 Å². The Kier molecular flexibility index (Phi) is 7.06. The van der Waals surface area contributed by atoms with Crippen LogP contribution in [0.3, 0.4) is 0 Å². The molecule has 1 unspecified atom stereocenters.